The summed E-state index contributed by atoms with van der Waals surface area (Å²) in [6.07, 6.45) is -28.3. The van der Waals surface area contributed by atoms with Crippen molar-refractivity contribution in [1.29, 1.82) is 0 Å². The Morgan fingerprint density at radius 3 is 0.848 bits per heavy atom. The summed E-state index contributed by atoms with van der Waals surface area (Å²) in [5.74, 6) is 41.9. The molecule has 0 N–H and O–H groups in total. The fraction of sp³-hybridized carbons (Fsp3) is 0.143. The van der Waals surface area contributed by atoms with Gasteiger partial charge in [-0.25, -0.2) is 0 Å². The molecule has 6 rings (SSSR count). The molecule has 0 saturated heterocycles. The third-order valence-electron chi connectivity index (χ3n) is 9.66. The Kier molecular flexibility index (Phi) is 36.9. The van der Waals surface area contributed by atoms with Crippen LogP contribution in [0.2, 0.25) is 0 Å². The summed E-state index contributed by atoms with van der Waals surface area (Å²) >= 11 is -2.13. The minimum atomic E-state index is -6.06. The van der Waals surface area contributed by atoms with Gasteiger partial charge in [0, 0.05) is 15.5 Å². The number of benzene rings is 6. The minimum Gasteiger partial charge on any atom is -0.457 e. The van der Waals surface area contributed by atoms with Gasteiger partial charge in [-0.15, -0.1) is 0 Å². The number of ether oxygens (including phenoxy) is 2. The number of para-hydroxylation sites is 2. The number of alkyl halides is 24. The van der Waals surface area contributed by atoms with E-state index in [4.69, 9.17) is 35.2 Å². The van der Waals surface area contributed by atoms with Crippen LogP contribution in [0.4, 0.5) is 105 Å². The molecule has 0 aliphatic carbocycles. The second-order valence-electron chi connectivity index (χ2n) is 16.9. The molecular weight excluding hydrogens is 1460 g/mol. The Hall–Kier alpha value is -10.7. The number of halogens is 24. The van der Waals surface area contributed by atoms with E-state index in [0.29, 0.717) is 0 Å². The Morgan fingerprint density at radius 1 is 0.323 bits per heavy atom. The third-order valence-corrected chi connectivity index (χ3v) is 17.9. The van der Waals surface area contributed by atoms with E-state index in [1.165, 1.54) is 30.0 Å². The van der Waals surface area contributed by atoms with Crippen molar-refractivity contribution >= 4 is 37.7 Å². The van der Waals surface area contributed by atoms with Crippen molar-refractivity contribution in [3.63, 3.8) is 0 Å². The molecule has 0 bridgehead atoms. The molecule has 0 fully saturated rings. The van der Waals surface area contributed by atoms with Gasteiger partial charge < -0.3 is 9.47 Å². The van der Waals surface area contributed by atoms with Crippen molar-refractivity contribution < 1.29 is 121 Å². The zero-order valence-electron chi connectivity index (χ0n) is 48.6. The van der Waals surface area contributed by atoms with Gasteiger partial charge in [0.15, 0.2) is 14.7 Å². The number of hydrogen-bond donors (Lipinski definition) is 0. The van der Waals surface area contributed by atoms with Crippen molar-refractivity contribution in [3.05, 3.63) is 163 Å². The molecular formula is C70H45F24GaO2S2. The van der Waals surface area contributed by atoms with Crippen LogP contribution in [0.15, 0.2) is 182 Å². The molecule has 0 saturated carbocycles. The van der Waals surface area contributed by atoms with Gasteiger partial charge in [0.2, 0.25) is 0 Å². The maximum atomic E-state index is 10.4. The SMILES string of the molecule is C.C#CC#CC#[C][Ga-]([C]#CC#CC#C)([C]#CC#CC#C)[C]#CC#CC#C.Cc1cc([S+](c2ccccc2)c2ccc(Oc3ccccc3)cc2)ccc1Sc1ccc(Oc2ccccc2)cc1.FC(F)(F)C(F)(F)F.FC(F)(F)C(F)(F)F.FC(F)(F)C(F)(F)F.FC(F)(F)C(F)(F)F.[HH].[HH].[HH].[HH]. The summed E-state index contributed by atoms with van der Waals surface area (Å²) in [4.78, 5) is 6.26. The minimum absolute atomic E-state index is 0. The Labute approximate surface area is 568 Å². The van der Waals surface area contributed by atoms with E-state index in [1.54, 1.807) is 11.8 Å². The Bertz CT molecular complexity index is 3950. The van der Waals surface area contributed by atoms with Gasteiger partial charge in [0.05, 0.1) is 10.9 Å². The van der Waals surface area contributed by atoms with Crippen molar-refractivity contribution in [1.82, 2.24) is 0 Å². The van der Waals surface area contributed by atoms with Crippen LogP contribution in [-0.4, -0.2) is 64.4 Å². The van der Waals surface area contributed by atoms with Gasteiger partial charge in [-0.2, -0.15) is 105 Å². The average Bonchev–Trinajstić information content (AvgIpc) is 0.800. The molecule has 1 unspecified atom stereocenters. The summed E-state index contributed by atoms with van der Waals surface area (Å²) in [5, 5.41) is 0. The first-order valence-electron chi connectivity index (χ1n) is 25.3. The van der Waals surface area contributed by atoms with Gasteiger partial charge in [0.25, 0.3) is 0 Å². The third kappa shape index (κ3) is 35.2. The predicted molar refractivity (Wildman–Crippen MR) is 337 cm³/mol. The molecule has 0 aromatic heterocycles. The van der Waals surface area contributed by atoms with Crippen molar-refractivity contribution in [3.8, 4) is 161 Å². The first-order valence-corrected chi connectivity index (χ1v) is 32.2. The van der Waals surface area contributed by atoms with Crippen LogP contribution in [-0.2, 0) is 10.9 Å². The fourth-order valence-electron chi connectivity index (χ4n) is 5.49. The van der Waals surface area contributed by atoms with Crippen LogP contribution in [0, 0.1) is 145 Å². The first kappa shape index (κ1) is 88.3. The normalized spacial score (nSPS) is 10.7. The quantitative estimate of drug-likeness (QED) is 0.0622. The van der Waals surface area contributed by atoms with E-state index >= 15 is 0 Å². The van der Waals surface area contributed by atoms with Crippen LogP contribution in [0.25, 0.3) is 0 Å². The van der Waals surface area contributed by atoms with Crippen LogP contribution in [0.1, 0.15) is 18.7 Å². The van der Waals surface area contributed by atoms with Gasteiger partial charge in [-0.3, -0.25) is 0 Å². The largest absolute Gasteiger partial charge is 0.487 e. The summed E-state index contributed by atoms with van der Waals surface area (Å²) < 4.78 is 274. The van der Waals surface area contributed by atoms with Crippen molar-refractivity contribution in [2.75, 3.05) is 0 Å². The van der Waals surface area contributed by atoms with E-state index in [-0.39, 0.29) is 24.0 Å². The van der Waals surface area contributed by atoms with Crippen LogP contribution < -0.4 is 9.47 Å². The average molecular weight is 1510 g/mol. The number of terminal acetylenes is 4. The molecule has 99 heavy (non-hydrogen) atoms. The van der Waals surface area contributed by atoms with Crippen LogP contribution in [0.5, 0.6) is 23.0 Å². The molecule has 0 spiro atoms. The number of hydrogen-bond acceptors (Lipinski definition) is 3. The maximum absolute atomic E-state index is 10.4. The molecule has 29 heteroatoms. The number of aryl methyl sites for hydroxylation is 1. The van der Waals surface area contributed by atoms with E-state index in [2.05, 4.69) is 204 Å². The second kappa shape index (κ2) is 41.4. The Morgan fingerprint density at radius 2 is 0.576 bits per heavy atom. The molecule has 0 heterocycles. The standard InChI is InChI=1S/C37H29O2S2.4C6H.4C2F6.CH4.Ga.4H2/c1-28-27-36(25-26-37(28)40-33-21-17-31(18-22-33)38-29-11-5-2-6-12-29)41(34-15-9-4-10-16-34)35-23-19-32(20-24-35)39-30-13-7-3-8-14-30;4*1-3-5-6-4-2;4*3-1(4,5)2(6,7)8;;;;;;/h2-27H,1H3;4*1H;;;;;1H4;;4*1H/q+1;;;;;;;;;;-1;;;;. The van der Waals surface area contributed by atoms with E-state index in [0.717, 1.165) is 23.0 Å². The molecule has 0 aliphatic heterocycles. The summed E-state index contributed by atoms with van der Waals surface area (Å²) in [7, 11) is -0.238. The molecule has 6 aromatic rings. The molecule has 6 aromatic carbocycles. The van der Waals surface area contributed by atoms with Gasteiger partial charge in [0.1, 0.15) is 23.0 Å². The molecule has 1 atom stereocenters. The molecule has 0 aliphatic rings. The van der Waals surface area contributed by atoms with E-state index in [1.807, 2.05) is 72.8 Å². The van der Waals surface area contributed by atoms with Crippen LogP contribution in [0.3, 0.4) is 0 Å². The van der Waals surface area contributed by atoms with Crippen LogP contribution >= 0.6 is 11.8 Å². The van der Waals surface area contributed by atoms with Gasteiger partial charge >= 0.3 is 203 Å². The molecule has 2 nitrogen and oxygen atoms in total. The maximum Gasteiger partial charge on any atom is 0.487 e. The molecule has 0 radical (unpaired) electrons. The zero-order valence-corrected chi connectivity index (χ0v) is 52.7. The first-order chi connectivity index (χ1) is 45.5. The monoisotopic (exact) mass is 1510 g/mol. The zero-order chi connectivity index (χ0) is 74.5. The smallest absolute Gasteiger partial charge is 0.457 e. The van der Waals surface area contributed by atoms with E-state index in [9.17, 15) is 105 Å². The summed E-state index contributed by atoms with van der Waals surface area (Å²) in [5.41, 5.74) is 1.26. The molecule has 520 valence electrons. The van der Waals surface area contributed by atoms with Gasteiger partial charge in [-0.1, -0.05) is 73.8 Å². The van der Waals surface area contributed by atoms with Gasteiger partial charge in [-0.05, 0) is 116 Å². The van der Waals surface area contributed by atoms with Crippen molar-refractivity contribution in [2.45, 2.75) is 88.2 Å². The topological polar surface area (TPSA) is 18.5 Å². The number of rotatable bonds is 9. The fourth-order valence-corrected chi connectivity index (χ4v) is 11.9. The predicted octanol–water partition coefficient (Wildman–Crippen LogP) is 21.0. The summed E-state index contributed by atoms with van der Waals surface area (Å²) in [6, 6.07) is 54.1. The second-order valence-corrected chi connectivity index (χ2v) is 26.1. The van der Waals surface area contributed by atoms with Crippen molar-refractivity contribution in [2.24, 2.45) is 0 Å². The summed E-state index contributed by atoms with van der Waals surface area (Å²) in [6.45, 7) is 2.20. The molecule has 0 amide bonds. The Balaban J connectivity index is -0.000000439. The van der Waals surface area contributed by atoms with E-state index < -0.39 is 64.4 Å².